The first-order chi connectivity index (χ1) is 13.6. The molecule has 1 aliphatic rings. The lowest BCUT2D eigenvalue weighted by Crippen LogP contribution is -2.50. The number of ether oxygens (including phenoxy) is 1. The van der Waals surface area contributed by atoms with Crippen molar-refractivity contribution in [2.45, 2.75) is 45.1 Å². The number of halogens is 3. The van der Waals surface area contributed by atoms with Gasteiger partial charge in [0.1, 0.15) is 5.75 Å². The van der Waals surface area contributed by atoms with Gasteiger partial charge in [0.25, 0.3) is 0 Å². The van der Waals surface area contributed by atoms with Gasteiger partial charge < -0.3 is 20.7 Å². The number of carbonyl (C=O) groups is 2. The molecule has 2 atom stereocenters. The molecule has 1 saturated heterocycles. The zero-order valence-corrected chi connectivity index (χ0v) is 16.0. The van der Waals surface area contributed by atoms with Crippen LogP contribution in [-0.4, -0.2) is 42.2 Å². The Morgan fingerprint density at radius 3 is 2.79 bits per heavy atom. The minimum Gasteiger partial charge on any atom is -0.405 e. The molecule has 0 spiro atoms. The van der Waals surface area contributed by atoms with E-state index in [4.69, 9.17) is 11.0 Å². The van der Waals surface area contributed by atoms with Gasteiger partial charge in [-0.3, -0.25) is 9.59 Å². The number of alkyl halides is 3. The summed E-state index contributed by atoms with van der Waals surface area (Å²) >= 11 is 0. The highest BCUT2D eigenvalue weighted by molar-refractivity contribution is 5.84. The summed E-state index contributed by atoms with van der Waals surface area (Å²) in [6.07, 6.45) is -3.22. The quantitative estimate of drug-likeness (QED) is 0.743. The molecule has 10 heteroatoms. The Morgan fingerprint density at radius 1 is 1.45 bits per heavy atom. The van der Waals surface area contributed by atoms with E-state index < -0.39 is 24.1 Å². The topological polar surface area (TPSA) is 108 Å². The molecule has 1 aromatic carbocycles. The maximum atomic E-state index is 12.6. The van der Waals surface area contributed by atoms with Crippen molar-refractivity contribution < 1.29 is 27.5 Å². The van der Waals surface area contributed by atoms with Gasteiger partial charge in [-0.1, -0.05) is 13.0 Å². The van der Waals surface area contributed by atoms with Gasteiger partial charge >= 0.3 is 6.36 Å². The van der Waals surface area contributed by atoms with Crippen LogP contribution in [0.1, 0.15) is 37.3 Å². The molecule has 0 radical (unpaired) electrons. The number of piperidine rings is 1. The van der Waals surface area contributed by atoms with Crippen LogP contribution in [0.5, 0.6) is 5.75 Å². The molecule has 1 heterocycles. The fourth-order valence-electron chi connectivity index (χ4n) is 3.12. The van der Waals surface area contributed by atoms with Crippen molar-refractivity contribution in [3.8, 4) is 11.8 Å². The number of nitriles is 1. The summed E-state index contributed by atoms with van der Waals surface area (Å²) in [5.41, 5.74) is 5.87. The van der Waals surface area contributed by atoms with Gasteiger partial charge in [0.15, 0.2) is 0 Å². The average Bonchev–Trinajstić information content (AvgIpc) is 2.70. The molecule has 2 rings (SSSR count). The van der Waals surface area contributed by atoms with Crippen molar-refractivity contribution in [2.75, 3.05) is 13.1 Å². The number of carbonyl (C=O) groups excluding carboxylic acids is 2. The molecule has 1 aromatic rings. The van der Waals surface area contributed by atoms with E-state index in [1.54, 1.807) is 17.9 Å². The van der Waals surface area contributed by atoms with Gasteiger partial charge in [-0.15, -0.1) is 13.2 Å². The third-order valence-electron chi connectivity index (χ3n) is 4.74. The summed E-state index contributed by atoms with van der Waals surface area (Å²) in [7, 11) is 0. The summed E-state index contributed by atoms with van der Waals surface area (Å²) in [6.45, 7) is 2.34. The first kappa shape index (κ1) is 22.5. The highest BCUT2D eigenvalue weighted by Gasteiger charge is 2.33. The number of hydrogen-bond donors (Lipinski definition) is 2. The average molecular weight is 412 g/mol. The maximum absolute atomic E-state index is 12.6. The second-order valence-electron chi connectivity index (χ2n) is 6.84. The van der Waals surface area contributed by atoms with Crippen LogP contribution in [0.3, 0.4) is 0 Å². The Hall–Kier alpha value is -2.80. The van der Waals surface area contributed by atoms with Crippen LogP contribution in [0.2, 0.25) is 0 Å². The molecule has 3 N–H and O–H groups in total. The van der Waals surface area contributed by atoms with Crippen LogP contribution in [-0.2, 0) is 16.1 Å². The predicted octanol–water partition coefficient (Wildman–Crippen LogP) is 2.05. The molecule has 0 saturated carbocycles. The zero-order valence-electron chi connectivity index (χ0n) is 16.0. The molecule has 0 aliphatic carbocycles. The Balaban J connectivity index is 2.03. The number of nitrogens with two attached hydrogens (primary N) is 1. The molecule has 158 valence electrons. The smallest absolute Gasteiger partial charge is 0.405 e. The SMILES string of the molecule is CC[C@@H](N)C(=O)N1CCC[C@@H](C(=O)NCc2ccc(C#N)cc2OC(F)(F)F)C1. The van der Waals surface area contributed by atoms with Crippen LogP contribution in [0.25, 0.3) is 0 Å². The van der Waals surface area contributed by atoms with Crippen molar-refractivity contribution >= 4 is 11.8 Å². The molecule has 7 nitrogen and oxygen atoms in total. The predicted molar refractivity (Wildman–Crippen MR) is 97.3 cm³/mol. The fraction of sp³-hybridized carbons (Fsp3) is 0.526. The summed E-state index contributed by atoms with van der Waals surface area (Å²) in [6, 6.07) is 4.75. The van der Waals surface area contributed by atoms with Crippen LogP contribution < -0.4 is 15.8 Å². The molecular weight excluding hydrogens is 389 g/mol. The number of hydrogen-bond acceptors (Lipinski definition) is 5. The number of nitrogens with zero attached hydrogens (tertiary/aromatic N) is 2. The molecular formula is C19H23F3N4O3. The number of nitrogens with one attached hydrogen (secondary N) is 1. The van der Waals surface area contributed by atoms with Crippen molar-refractivity contribution in [3.05, 3.63) is 29.3 Å². The summed E-state index contributed by atoms with van der Waals surface area (Å²) < 4.78 is 41.8. The minimum atomic E-state index is -4.92. The fourth-order valence-corrected chi connectivity index (χ4v) is 3.12. The summed E-state index contributed by atoms with van der Waals surface area (Å²) in [4.78, 5) is 26.3. The van der Waals surface area contributed by atoms with E-state index in [2.05, 4.69) is 10.1 Å². The minimum absolute atomic E-state index is 0.00743. The second-order valence-corrected chi connectivity index (χ2v) is 6.84. The first-order valence-corrected chi connectivity index (χ1v) is 9.25. The van der Waals surface area contributed by atoms with Crippen LogP contribution in [0.4, 0.5) is 13.2 Å². The normalized spacial score (nSPS) is 17.9. The van der Waals surface area contributed by atoms with Crippen molar-refractivity contribution in [1.29, 1.82) is 5.26 Å². The molecule has 0 aromatic heterocycles. The number of amides is 2. The van der Waals surface area contributed by atoms with E-state index in [1.807, 2.05) is 0 Å². The van der Waals surface area contributed by atoms with E-state index in [0.29, 0.717) is 25.8 Å². The first-order valence-electron chi connectivity index (χ1n) is 9.25. The standard InChI is InChI=1S/C19H23F3N4O3/c1-2-15(24)18(28)26-7-3-4-14(11-26)17(27)25-10-13-6-5-12(9-23)8-16(13)29-19(20,21)22/h5-6,8,14-15H,2-4,7,10-11,24H2,1H3,(H,25,27)/t14-,15-/m1/s1. The van der Waals surface area contributed by atoms with Gasteiger partial charge in [-0.25, -0.2) is 0 Å². The highest BCUT2D eigenvalue weighted by Crippen LogP contribution is 2.28. The van der Waals surface area contributed by atoms with Crippen LogP contribution in [0, 0.1) is 17.2 Å². The lowest BCUT2D eigenvalue weighted by Gasteiger charge is -2.33. The Bertz CT molecular complexity index is 792. The van der Waals surface area contributed by atoms with E-state index in [0.717, 1.165) is 6.07 Å². The second kappa shape index (κ2) is 9.60. The molecule has 1 aliphatic heterocycles. The highest BCUT2D eigenvalue weighted by atomic mass is 19.4. The molecule has 29 heavy (non-hydrogen) atoms. The Morgan fingerprint density at radius 2 is 2.17 bits per heavy atom. The number of likely N-dealkylation sites (tertiary alicyclic amines) is 1. The molecule has 0 unspecified atom stereocenters. The van der Waals surface area contributed by atoms with E-state index in [-0.39, 0.29) is 36.0 Å². The van der Waals surface area contributed by atoms with Gasteiger partial charge in [0.2, 0.25) is 11.8 Å². The Labute approximate surface area is 166 Å². The van der Waals surface area contributed by atoms with Crippen LogP contribution >= 0.6 is 0 Å². The summed E-state index contributed by atoms with van der Waals surface area (Å²) in [5, 5.41) is 11.5. The van der Waals surface area contributed by atoms with E-state index in [9.17, 15) is 22.8 Å². The van der Waals surface area contributed by atoms with Crippen molar-refractivity contribution in [2.24, 2.45) is 11.7 Å². The van der Waals surface area contributed by atoms with Gasteiger partial charge in [0.05, 0.1) is 23.6 Å². The third kappa shape index (κ3) is 6.35. The zero-order chi connectivity index (χ0) is 21.6. The molecule has 2 amide bonds. The third-order valence-corrected chi connectivity index (χ3v) is 4.74. The van der Waals surface area contributed by atoms with E-state index in [1.165, 1.54) is 12.1 Å². The van der Waals surface area contributed by atoms with Crippen molar-refractivity contribution in [1.82, 2.24) is 10.2 Å². The van der Waals surface area contributed by atoms with E-state index >= 15 is 0 Å². The van der Waals surface area contributed by atoms with Gasteiger partial charge in [0, 0.05) is 25.2 Å². The largest absolute Gasteiger partial charge is 0.573 e. The van der Waals surface area contributed by atoms with Gasteiger partial charge in [-0.2, -0.15) is 5.26 Å². The molecule has 1 fully saturated rings. The summed E-state index contributed by atoms with van der Waals surface area (Å²) in [5.74, 6) is -1.58. The number of benzene rings is 1. The maximum Gasteiger partial charge on any atom is 0.573 e. The molecule has 0 bridgehead atoms. The number of rotatable bonds is 6. The van der Waals surface area contributed by atoms with Gasteiger partial charge in [-0.05, 0) is 31.4 Å². The van der Waals surface area contributed by atoms with Crippen molar-refractivity contribution in [3.63, 3.8) is 0 Å². The lowest BCUT2D eigenvalue weighted by atomic mass is 9.96. The lowest BCUT2D eigenvalue weighted by molar-refractivity contribution is -0.274. The Kier molecular flexibility index (Phi) is 7.45. The monoisotopic (exact) mass is 412 g/mol. The van der Waals surface area contributed by atoms with Crippen LogP contribution in [0.15, 0.2) is 18.2 Å².